The normalized spacial score (nSPS) is 0. The molecule has 0 aromatic carbocycles. The van der Waals surface area contributed by atoms with Gasteiger partial charge in [0.05, 0.1) is 0 Å². The second-order valence-corrected chi connectivity index (χ2v) is 0. The molecule has 0 N–H and O–H groups in total. The molecule has 0 saturated carbocycles. The summed E-state index contributed by atoms with van der Waals surface area (Å²) < 4.78 is 0. The smallest absolute Gasteiger partial charge is 0 e. The zero-order valence-electron chi connectivity index (χ0n) is 1.54. The molecule has 0 aromatic rings. The van der Waals surface area contributed by atoms with Crippen molar-refractivity contribution in [3.63, 3.8) is 0 Å². The number of hydrogen-bond acceptors (Lipinski definition) is 0. The van der Waals surface area contributed by atoms with Crippen LogP contribution in [0.2, 0.25) is 0 Å². The number of hydrogen-bond donors (Lipinski definition) is 0. The van der Waals surface area contributed by atoms with Crippen molar-refractivity contribution in [3.8, 4) is 0 Å². The Balaban J connectivity index is 0. The predicted octanol–water partition coefficient (Wildman–Crippen LogP) is 1.26. The molecule has 0 fully saturated rings. The Kier molecular flexibility index (Phi) is 291. The van der Waals surface area contributed by atoms with E-state index in [1.807, 2.05) is 0 Å². The van der Waals surface area contributed by atoms with Crippen molar-refractivity contribution >= 4 is 37.2 Å². The van der Waals surface area contributed by atoms with Gasteiger partial charge < -0.3 is 0 Å². The van der Waals surface area contributed by atoms with Gasteiger partial charge in [0.25, 0.3) is 0 Å². The minimum Gasteiger partial charge on any atom is -0.147 e. The van der Waals surface area contributed by atoms with Crippen LogP contribution in [0.4, 0.5) is 0 Å². The third-order valence-electron chi connectivity index (χ3n) is 0. The molecule has 4 heteroatoms. The van der Waals surface area contributed by atoms with Crippen LogP contribution in [-0.4, -0.2) is 0 Å². The van der Waals surface area contributed by atoms with Crippen LogP contribution in [0.25, 0.3) is 0 Å². The molecule has 0 rings (SSSR count). The summed E-state index contributed by atoms with van der Waals surface area (Å²) in [6.45, 7) is 0. The molecule has 0 spiro atoms. The molecule has 34 valence electrons. The number of rotatable bonds is 0. The Morgan fingerprint density at radius 2 is 0.500 bits per heavy atom. The van der Waals surface area contributed by atoms with Crippen LogP contribution in [0.5, 0.6) is 0 Å². The van der Waals surface area contributed by atoms with Gasteiger partial charge in [-0.05, 0) is 0 Å². The molecule has 0 aliphatic heterocycles. The second-order valence-electron chi connectivity index (χ2n) is 0. The van der Waals surface area contributed by atoms with Gasteiger partial charge in [-0.3, -0.25) is 0 Å². The largest absolute Gasteiger partial charge is 0.147 e. The summed E-state index contributed by atoms with van der Waals surface area (Å²) in [7, 11) is 0. The molecule has 0 unspecified atom stereocenters. The molecule has 4 heavy (non-hydrogen) atoms. The van der Waals surface area contributed by atoms with Gasteiger partial charge >= 0.3 is 0 Å². The summed E-state index contributed by atoms with van der Waals surface area (Å²) in [5.41, 5.74) is 0. The first kappa shape index (κ1) is 48.4. The molecule has 0 saturated heterocycles. The van der Waals surface area contributed by atoms with Gasteiger partial charge in [-0.15, -0.1) is 37.2 Å². The Bertz CT molecular complexity index is 3.25. The molecule has 0 nitrogen and oxygen atoms in total. The van der Waals surface area contributed by atoms with E-state index in [9.17, 15) is 0 Å². The van der Waals surface area contributed by atoms with Gasteiger partial charge in [0.2, 0.25) is 0 Å². The summed E-state index contributed by atoms with van der Waals surface area (Å²) >= 11 is 0. The third-order valence-corrected chi connectivity index (χ3v) is 0. The first-order valence-electron chi connectivity index (χ1n) is 0. The van der Waals surface area contributed by atoms with Gasteiger partial charge in [0.15, 0.2) is 0 Å². The summed E-state index contributed by atoms with van der Waals surface area (Å²) in [4.78, 5) is 0. The van der Waals surface area contributed by atoms with Gasteiger partial charge in [-0.1, -0.05) is 0 Å². The van der Waals surface area contributed by atoms with Crippen molar-refractivity contribution in [1.82, 2.24) is 0 Å². The first-order chi connectivity index (χ1) is 0. The maximum absolute atomic E-state index is 0. The van der Waals surface area contributed by atoms with Gasteiger partial charge in [-0.2, -0.15) is 0 Å². The Labute approximate surface area is 57.6 Å². The standard InChI is InChI=1S/3ClH.Pd/h3*1H;. The van der Waals surface area contributed by atoms with E-state index in [4.69, 9.17) is 0 Å². The van der Waals surface area contributed by atoms with E-state index in [2.05, 4.69) is 0 Å². The van der Waals surface area contributed by atoms with Crippen molar-refractivity contribution in [3.05, 3.63) is 0 Å². The SMILES string of the molecule is Cl.Cl.Cl.[Pd]. The average Bonchev–Trinajstić information content (AvgIpc) is 0. The van der Waals surface area contributed by atoms with Crippen LogP contribution in [0.3, 0.4) is 0 Å². The molecule has 0 radical (unpaired) electrons. The zero-order chi connectivity index (χ0) is 0. The van der Waals surface area contributed by atoms with Crippen LogP contribution in [0, 0.1) is 0 Å². The van der Waals surface area contributed by atoms with E-state index in [0.29, 0.717) is 0 Å². The average molecular weight is 216 g/mol. The van der Waals surface area contributed by atoms with Crippen molar-refractivity contribution in [2.24, 2.45) is 0 Å². The summed E-state index contributed by atoms with van der Waals surface area (Å²) in [6, 6.07) is 0. The summed E-state index contributed by atoms with van der Waals surface area (Å²) in [6.07, 6.45) is 0. The van der Waals surface area contributed by atoms with Crippen LogP contribution >= 0.6 is 37.2 Å². The maximum atomic E-state index is 0. The van der Waals surface area contributed by atoms with Crippen molar-refractivity contribution in [2.75, 3.05) is 0 Å². The predicted molar refractivity (Wildman–Crippen MR) is 21.7 cm³/mol. The summed E-state index contributed by atoms with van der Waals surface area (Å²) in [5, 5.41) is 0. The quantitative estimate of drug-likeness (QED) is 0.534. The van der Waals surface area contributed by atoms with Gasteiger partial charge in [0, 0.05) is 20.4 Å². The van der Waals surface area contributed by atoms with E-state index in [1.54, 1.807) is 0 Å². The van der Waals surface area contributed by atoms with E-state index >= 15 is 0 Å². The monoisotopic (exact) mass is 214 g/mol. The fourth-order valence-electron chi connectivity index (χ4n) is 0. The maximum Gasteiger partial charge on any atom is 0 e. The van der Waals surface area contributed by atoms with Crippen LogP contribution < -0.4 is 0 Å². The minimum absolute atomic E-state index is 0. The Morgan fingerprint density at radius 1 is 0.500 bits per heavy atom. The van der Waals surface area contributed by atoms with E-state index in [-0.39, 0.29) is 57.6 Å². The van der Waals surface area contributed by atoms with Crippen molar-refractivity contribution in [2.45, 2.75) is 0 Å². The number of halogens is 3. The molecule has 0 atom stereocenters. The first-order valence-corrected chi connectivity index (χ1v) is 0. The Morgan fingerprint density at radius 3 is 0.500 bits per heavy atom. The molecule has 0 heterocycles. The van der Waals surface area contributed by atoms with Crippen molar-refractivity contribution < 1.29 is 20.4 Å². The molecular weight excluding hydrogens is 213 g/mol. The molecule has 0 aliphatic carbocycles. The van der Waals surface area contributed by atoms with Crippen molar-refractivity contribution in [1.29, 1.82) is 0 Å². The fourth-order valence-corrected chi connectivity index (χ4v) is 0. The zero-order valence-corrected chi connectivity index (χ0v) is 5.55. The molecular formula is H3Cl3Pd. The summed E-state index contributed by atoms with van der Waals surface area (Å²) in [5.74, 6) is 0. The molecule has 0 aromatic heterocycles. The van der Waals surface area contributed by atoms with Crippen LogP contribution in [-0.2, 0) is 20.4 Å². The third kappa shape index (κ3) is 9.65. The van der Waals surface area contributed by atoms with Gasteiger partial charge in [-0.25, -0.2) is 0 Å². The van der Waals surface area contributed by atoms with Gasteiger partial charge in [0.1, 0.15) is 0 Å². The van der Waals surface area contributed by atoms with E-state index < -0.39 is 0 Å². The second kappa shape index (κ2) is 24.1. The van der Waals surface area contributed by atoms with Crippen LogP contribution in [0.15, 0.2) is 0 Å². The topological polar surface area (TPSA) is 0 Å². The molecule has 0 bridgehead atoms. The van der Waals surface area contributed by atoms with E-state index in [1.165, 1.54) is 0 Å². The minimum atomic E-state index is 0. The van der Waals surface area contributed by atoms with E-state index in [0.717, 1.165) is 0 Å². The van der Waals surface area contributed by atoms with Crippen LogP contribution in [0.1, 0.15) is 0 Å². The fraction of sp³-hybridized carbons (Fsp3) is 0. The molecule has 0 amide bonds. The molecule has 0 aliphatic rings. The Hall–Kier alpha value is 1.53.